The molecule has 2 aliphatic carbocycles. The molecule has 1 fully saturated rings. The number of hydrogen-bond acceptors (Lipinski definition) is 10. The van der Waals surface area contributed by atoms with Crippen LogP contribution in [0.25, 0.3) is 0 Å². The Kier molecular flexibility index (Phi) is 5.77. The first-order valence-electron chi connectivity index (χ1n) is 11.8. The molecule has 5 rings (SSSR count). The largest absolute Gasteiger partial charge is 0.507 e. The van der Waals surface area contributed by atoms with Crippen molar-refractivity contribution < 1.29 is 39.2 Å². The lowest BCUT2D eigenvalue weighted by molar-refractivity contribution is -0.243. The first-order chi connectivity index (χ1) is 16.9. The van der Waals surface area contributed by atoms with Gasteiger partial charge in [-0.3, -0.25) is 14.4 Å². The number of rotatable bonds is 3. The highest BCUT2D eigenvalue weighted by molar-refractivity contribution is 6.30. The lowest BCUT2D eigenvalue weighted by atomic mass is 9.71. The summed E-state index contributed by atoms with van der Waals surface area (Å²) in [6, 6.07) is 5.51. The van der Waals surface area contributed by atoms with Gasteiger partial charge in [0.1, 0.15) is 17.3 Å². The molecule has 36 heavy (non-hydrogen) atoms. The molecule has 6 atom stereocenters. The molecule has 0 aromatic heterocycles. The molecule has 7 N–H and O–H groups in total. The van der Waals surface area contributed by atoms with Gasteiger partial charge in [-0.15, -0.1) is 0 Å². The van der Waals surface area contributed by atoms with Gasteiger partial charge in [0.15, 0.2) is 17.9 Å². The van der Waals surface area contributed by atoms with Crippen LogP contribution in [0.3, 0.4) is 0 Å². The maximum atomic E-state index is 13.4. The molecular weight excluding hydrogens is 468 g/mol. The molecule has 0 saturated carbocycles. The Hall–Kier alpha value is -3.15. The number of phenols is 2. The number of aliphatic hydroxyl groups is 1. The molecule has 0 amide bonds. The van der Waals surface area contributed by atoms with E-state index in [-0.39, 0.29) is 58.4 Å². The van der Waals surface area contributed by atoms with Gasteiger partial charge >= 0.3 is 0 Å². The number of phenolic OH excluding ortho intramolecular Hbond substituents is 2. The maximum absolute atomic E-state index is 13.4. The summed E-state index contributed by atoms with van der Waals surface area (Å²) in [5.74, 6) is -2.63. The Morgan fingerprint density at radius 3 is 2.25 bits per heavy atom. The van der Waals surface area contributed by atoms with Crippen molar-refractivity contribution >= 4 is 17.3 Å². The highest BCUT2D eigenvalue weighted by atomic mass is 16.7. The zero-order valence-electron chi connectivity index (χ0n) is 19.9. The van der Waals surface area contributed by atoms with E-state index in [1.165, 1.54) is 19.1 Å². The average molecular weight is 497 g/mol. The van der Waals surface area contributed by atoms with Crippen molar-refractivity contribution in [3.63, 3.8) is 0 Å². The zero-order chi connectivity index (χ0) is 26.1. The normalized spacial score (nSPS) is 31.4. The Balaban J connectivity index is 1.66. The molecule has 2 aromatic carbocycles. The number of nitrogens with two attached hydrogens (primary N) is 2. The number of carbonyl (C=O) groups excluding carboxylic acids is 3. The molecule has 1 saturated heterocycles. The van der Waals surface area contributed by atoms with Gasteiger partial charge in [0, 0.05) is 47.6 Å². The quantitative estimate of drug-likeness (QED) is 0.328. The van der Waals surface area contributed by atoms with E-state index in [0.29, 0.717) is 0 Å². The van der Waals surface area contributed by atoms with Crippen molar-refractivity contribution in [1.82, 2.24) is 0 Å². The molecule has 1 heterocycles. The number of aromatic hydroxyl groups is 2. The van der Waals surface area contributed by atoms with Crippen LogP contribution < -0.4 is 11.5 Å². The summed E-state index contributed by atoms with van der Waals surface area (Å²) >= 11 is 0. The van der Waals surface area contributed by atoms with Crippen LogP contribution in [0.5, 0.6) is 11.5 Å². The average Bonchev–Trinajstić information content (AvgIpc) is 2.82. The van der Waals surface area contributed by atoms with Crippen LogP contribution in [0.1, 0.15) is 75.8 Å². The minimum atomic E-state index is -1.47. The van der Waals surface area contributed by atoms with Gasteiger partial charge in [-0.05, 0) is 13.8 Å². The van der Waals surface area contributed by atoms with Crippen molar-refractivity contribution in [2.24, 2.45) is 11.5 Å². The van der Waals surface area contributed by atoms with Crippen LogP contribution >= 0.6 is 0 Å². The number of hydrogen-bond donors (Lipinski definition) is 5. The highest BCUT2D eigenvalue weighted by Crippen LogP contribution is 2.51. The van der Waals surface area contributed by atoms with Gasteiger partial charge in [-0.1, -0.05) is 24.3 Å². The Bertz CT molecular complexity index is 1300. The second-order valence-electron chi connectivity index (χ2n) is 9.92. The predicted octanol–water partition coefficient (Wildman–Crippen LogP) is 0.987. The first kappa shape index (κ1) is 24.5. The van der Waals surface area contributed by atoms with Crippen molar-refractivity contribution in [3.8, 4) is 11.5 Å². The summed E-state index contributed by atoms with van der Waals surface area (Å²) in [4.78, 5) is 39.2. The van der Waals surface area contributed by atoms with E-state index in [0.717, 1.165) is 0 Å². The fourth-order valence-electron chi connectivity index (χ4n) is 5.47. The fourth-order valence-corrected chi connectivity index (χ4v) is 5.47. The summed E-state index contributed by atoms with van der Waals surface area (Å²) < 4.78 is 11.9. The molecule has 190 valence electrons. The number of benzene rings is 2. The van der Waals surface area contributed by atoms with E-state index in [1.54, 1.807) is 19.1 Å². The molecule has 0 spiro atoms. The van der Waals surface area contributed by atoms with E-state index in [1.807, 2.05) is 0 Å². The topological polar surface area (TPSA) is 182 Å². The molecule has 10 heteroatoms. The lowest BCUT2D eigenvalue weighted by Crippen LogP contribution is -2.54. The van der Waals surface area contributed by atoms with Gasteiger partial charge in [0.05, 0.1) is 35.0 Å². The van der Waals surface area contributed by atoms with Crippen LogP contribution in [0.15, 0.2) is 24.3 Å². The minimum Gasteiger partial charge on any atom is -0.507 e. The van der Waals surface area contributed by atoms with E-state index >= 15 is 0 Å². The number of carbonyl (C=O) groups is 3. The molecule has 0 radical (unpaired) electrons. The maximum Gasteiger partial charge on any atom is 0.198 e. The summed E-state index contributed by atoms with van der Waals surface area (Å²) in [6.45, 7) is 2.95. The van der Waals surface area contributed by atoms with Crippen molar-refractivity contribution in [2.45, 2.75) is 69.3 Å². The van der Waals surface area contributed by atoms with Gasteiger partial charge in [0.2, 0.25) is 0 Å². The number of ether oxygens (including phenoxy) is 2. The van der Waals surface area contributed by atoms with Crippen LogP contribution in [-0.2, 0) is 20.7 Å². The molecule has 1 aliphatic heterocycles. The molecule has 0 unspecified atom stereocenters. The number of Topliss-reactive ketones (excluding diaryl/α,β-unsaturated/α-hetero) is 1. The smallest absolute Gasteiger partial charge is 0.198 e. The van der Waals surface area contributed by atoms with E-state index < -0.39 is 59.2 Å². The molecule has 10 nitrogen and oxygen atoms in total. The summed E-state index contributed by atoms with van der Waals surface area (Å²) in [6.07, 6.45) is -3.66. The fraction of sp³-hybridized carbons (Fsp3) is 0.423. The molecular formula is C26H28N2O8. The highest BCUT2D eigenvalue weighted by Gasteiger charge is 2.48. The lowest BCUT2D eigenvalue weighted by Gasteiger charge is -2.42. The Morgan fingerprint density at radius 1 is 1.11 bits per heavy atom. The number of ketones is 3. The Morgan fingerprint density at radius 2 is 1.69 bits per heavy atom. The monoisotopic (exact) mass is 496 g/mol. The first-order valence-corrected chi connectivity index (χ1v) is 11.8. The van der Waals surface area contributed by atoms with Crippen molar-refractivity contribution in [3.05, 3.63) is 57.6 Å². The van der Waals surface area contributed by atoms with Crippen LogP contribution in [0, 0.1) is 0 Å². The van der Waals surface area contributed by atoms with Crippen molar-refractivity contribution in [1.29, 1.82) is 0 Å². The van der Waals surface area contributed by atoms with Crippen LogP contribution in [0.4, 0.5) is 0 Å². The van der Waals surface area contributed by atoms with Gasteiger partial charge in [-0.25, -0.2) is 0 Å². The SMILES string of the molecule is CC(=O)[C@]1(N)Cc2c(O)c3c(c(O)c2[C@@H](O[C@H]2C[C@H](N)[C@@H](O)[C@H](C)O2)C1)C(=O)c1ccccc1C3=O. The zero-order valence-corrected chi connectivity index (χ0v) is 19.9. The molecule has 3 aliphatic rings. The minimum absolute atomic E-state index is 0.0638. The predicted molar refractivity (Wildman–Crippen MR) is 126 cm³/mol. The summed E-state index contributed by atoms with van der Waals surface area (Å²) in [5.41, 5.74) is 10.7. The third-order valence-corrected chi connectivity index (χ3v) is 7.59. The molecule has 0 bridgehead atoms. The summed E-state index contributed by atoms with van der Waals surface area (Å²) in [7, 11) is 0. The van der Waals surface area contributed by atoms with Gasteiger partial charge < -0.3 is 36.3 Å². The Labute approximate surface area is 206 Å². The van der Waals surface area contributed by atoms with Gasteiger partial charge in [0.25, 0.3) is 0 Å². The van der Waals surface area contributed by atoms with Crippen LogP contribution in [0.2, 0.25) is 0 Å². The van der Waals surface area contributed by atoms with Crippen LogP contribution in [-0.4, -0.2) is 62.7 Å². The third-order valence-electron chi connectivity index (χ3n) is 7.59. The summed E-state index contributed by atoms with van der Waals surface area (Å²) in [5, 5.41) is 32.8. The van der Waals surface area contributed by atoms with Gasteiger partial charge in [-0.2, -0.15) is 0 Å². The standard InChI is InChI=1S/C26H28N2O8/c1-10-21(30)15(27)7-17(35-10)36-16-9-26(28,11(2)29)8-14-18(16)25(34)20-19(24(14)33)22(31)12-5-3-4-6-13(12)23(20)32/h3-6,10,15-17,21,30,33-34H,7-9,27-28H2,1-2H3/t10-,15-,16-,17-,21-,26-/m0/s1. The second kappa shape index (κ2) is 8.46. The van der Waals surface area contributed by atoms with E-state index in [2.05, 4.69) is 0 Å². The second-order valence-corrected chi connectivity index (χ2v) is 9.92. The number of aliphatic hydroxyl groups excluding tert-OH is 1. The third kappa shape index (κ3) is 3.56. The number of fused-ring (bicyclic) bond motifs is 3. The van der Waals surface area contributed by atoms with E-state index in [9.17, 15) is 29.7 Å². The van der Waals surface area contributed by atoms with E-state index in [4.69, 9.17) is 20.9 Å². The van der Waals surface area contributed by atoms with Crippen molar-refractivity contribution in [2.75, 3.05) is 0 Å². The molecule has 2 aromatic rings.